The maximum absolute atomic E-state index is 12.0. The van der Waals surface area contributed by atoms with Gasteiger partial charge in [-0.2, -0.15) is 0 Å². The summed E-state index contributed by atoms with van der Waals surface area (Å²) in [6.07, 6.45) is 1.69. The largest absolute Gasteiger partial charge is 0.457 e. The lowest BCUT2D eigenvalue weighted by atomic mass is 10.2. The molecule has 3 aromatic rings. The molecule has 0 atom stereocenters. The predicted octanol–water partition coefficient (Wildman–Crippen LogP) is 4.64. The van der Waals surface area contributed by atoms with Crippen molar-refractivity contribution in [2.75, 3.05) is 23.8 Å². The van der Waals surface area contributed by atoms with E-state index in [9.17, 15) is 9.59 Å². The molecule has 2 N–H and O–H groups in total. The highest BCUT2D eigenvalue weighted by atomic mass is 32.1. The van der Waals surface area contributed by atoms with E-state index in [0.717, 1.165) is 11.3 Å². The second kappa shape index (κ2) is 10.2. The lowest BCUT2D eigenvalue weighted by Crippen LogP contribution is -2.21. The Morgan fingerprint density at radius 2 is 1.77 bits per heavy atom. The van der Waals surface area contributed by atoms with Gasteiger partial charge in [-0.3, -0.25) is 4.79 Å². The molecular formula is C22H21N3O4S. The molecule has 0 unspecified atom stereocenters. The Morgan fingerprint density at radius 1 is 1.10 bits per heavy atom. The van der Waals surface area contributed by atoms with Gasteiger partial charge >= 0.3 is 5.97 Å². The van der Waals surface area contributed by atoms with E-state index in [-0.39, 0.29) is 5.69 Å². The van der Waals surface area contributed by atoms with Crippen LogP contribution in [0.3, 0.4) is 0 Å². The number of thiazole rings is 1. The number of amides is 1. The first-order valence-electron chi connectivity index (χ1n) is 9.15. The number of nitrogens with zero attached hydrogens (tertiary/aromatic N) is 1. The Balaban J connectivity index is 1.46. The zero-order valence-corrected chi connectivity index (χ0v) is 17.2. The van der Waals surface area contributed by atoms with Crippen molar-refractivity contribution in [3.8, 4) is 11.5 Å². The monoisotopic (exact) mass is 423 g/mol. The van der Waals surface area contributed by atoms with Crippen molar-refractivity contribution in [2.24, 2.45) is 0 Å². The Bertz CT molecular complexity index is 1010. The summed E-state index contributed by atoms with van der Waals surface area (Å²) in [7, 11) is 0. The lowest BCUT2D eigenvalue weighted by Gasteiger charge is -2.08. The van der Waals surface area contributed by atoms with Crippen LogP contribution in [0.4, 0.5) is 10.8 Å². The van der Waals surface area contributed by atoms with E-state index in [4.69, 9.17) is 9.47 Å². The van der Waals surface area contributed by atoms with E-state index >= 15 is 0 Å². The fourth-order valence-corrected chi connectivity index (χ4v) is 3.05. The topological polar surface area (TPSA) is 89.5 Å². The molecule has 0 fully saturated rings. The minimum absolute atomic E-state index is 0.150. The van der Waals surface area contributed by atoms with Crippen LogP contribution in [0.25, 0.3) is 0 Å². The molecule has 8 heteroatoms. The molecule has 0 aliphatic rings. The SMILES string of the molecule is C=CCNc1nc(C(=O)OCC(=O)Nc2ccc(Oc3ccc(C)cc3)cc2)cs1. The average Bonchev–Trinajstić information content (AvgIpc) is 3.23. The van der Waals surface area contributed by atoms with Crippen molar-refractivity contribution < 1.29 is 19.1 Å². The third kappa shape index (κ3) is 6.18. The van der Waals surface area contributed by atoms with Crippen LogP contribution in [-0.4, -0.2) is 30.0 Å². The van der Waals surface area contributed by atoms with Crippen molar-refractivity contribution >= 4 is 34.0 Å². The van der Waals surface area contributed by atoms with Gasteiger partial charge in [0, 0.05) is 17.6 Å². The fraction of sp³-hybridized carbons (Fsp3) is 0.136. The highest BCUT2D eigenvalue weighted by Crippen LogP contribution is 2.23. The molecule has 1 amide bonds. The van der Waals surface area contributed by atoms with Crippen LogP contribution in [0.5, 0.6) is 11.5 Å². The molecular weight excluding hydrogens is 402 g/mol. The first-order chi connectivity index (χ1) is 14.5. The number of hydrogen-bond acceptors (Lipinski definition) is 7. The lowest BCUT2D eigenvalue weighted by molar-refractivity contribution is -0.119. The zero-order chi connectivity index (χ0) is 21.3. The van der Waals surface area contributed by atoms with Crippen LogP contribution in [0.1, 0.15) is 16.1 Å². The van der Waals surface area contributed by atoms with Crippen LogP contribution < -0.4 is 15.4 Å². The van der Waals surface area contributed by atoms with Crippen molar-refractivity contribution in [2.45, 2.75) is 6.92 Å². The minimum atomic E-state index is -0.658. The third-order valence-corrected chi connectivity index (χ3v) is 4.64. The van der Waals surface area contributed by atoms with Gasteiger partial charge in [-0.15, -0.1) is 17.9 Å². The molecule has 7 nitrogen and oxygen atoms in total. The molecule has 1 aromatic heterocycles. The quantitative estimate of drug-likeness (QED) is 0.385. The summed E-state index contributed by atoms with van der Waals surface area (Å²) in [5.74, 6) is 0.271. The number of ether oxygens (including phenoxy) is 2. The Morgan fingerprint density at radius 3 is 2.43 bits per heavy atom. The van der Waals surface area contributed by atoms with Crippen molar-refractivity contribution in [3.05, 3.63) is 77.8 Å². The number of esters is 1. The minimum Gasteiger partial charge on any atom is -0.457 e. The summed E-state index contributed by atoms with van der Waals surface area (Å²) in [5, 5.41) is 7.80. The number of aryl methyl sites for hydroxylation is 1. The summed E-state index contributed by atoms with van der Waals surface area (Å²) in [4.78, 5) is 28.1. The number of carbonyl (C=O) groups excluding carboxylic acids is 2. The maximum Gasteiger partial charge on any atom is 0.358 e. The number of nitrogens with one attached hydrogen (secondary N) is 2. The van der Waals surface area contributed by atoms with E-state index in [1.54, 1.807) is 35.7 Å². The summed E-state index contributed by atoms with van der Waals surface area (Å²) in [6, 6.07) is 14.6. The Labute approximate surface area is 178 Å². The number of rotatable bonds is 9. The number of carbonyl (C=O) groups is 2. The van der Waals surface area contributed by atoms with Gasteiger partial charge in [0.15, 0.2) is 17.4 Å². The van der Waals surface area contributed by atoms with Crippen molar-refractivity contribution in [1.29, 1.82) is 0 Å². The standard InChI is InChI=1S/C22H21N3O4S/c1-3-12-23-22-25-19(14-30-22)21(27)28-13-20(26)24-16-6-10-18(11-7-16)29-17-8-4-15(2)5-9-17/h3-11,14H,1,12-13H2,2H3,(H,23,25)(H,24,26). The predicted molar refractivity (Wildman–Crippen MR) is 117 cm³/mol. The van der Waals surface area contributed by atoms with Crippen LogP contribution in [0, 0.1) is 6.92 Å². The molecule has 0 saturated heterocycles. The molecule has 2 aromatic carbocycles. The van der Waals surface area contributed by atoms with E-state index < -0.39 is 18.5 Å². The van der Waals surface area contributed by atoms with E-state index in [1.165, 1.54) is 11.3 Å². The molecule has 30 heavy (non-hydrogen) atoms. The average molecular weight is 423 g/mol. The number of hydrogen-bond donors (Lipinski definition) is 2. The molecule has 3 rings (SSSR count). The molecule has 0 spiro atoms. The normalized spacial score (nSPS) is 10.2. The number of benzene rings is 2. The van der Waals surface area contributed by atoms with Gasteiger partial charge in [-0.25, -0.2) is 9.78 Å². The van der Waals surface area contributed by atoms with Gasteiger partial charge in [0.2, 0.25) is 0 Å². The van der Waals surface area contributed by atoms with Crippen molar-refractivity contribution in [3.63, 3.8) is 0 Å². The molecule has 0 saturated carbocycles. The highest BCUT2D eigenvalue weighted by molar-refractivity contribution is 7.13. The van der Waals surface area contributed by atoms with E-state index in [2.05, 4.69) is 22.2 Å². The van der Waals surface area contributed by atoms with Gasteiger partial charge in [0.1, 0.15) is 11.5 Å². The Hall–Kier alpha value is -3.65. The molecule has 1 heterocycles. The van der Waals surface area contributed by atoms with Crippen molar-refractivity contribution in [1.82, 2.24) is 4.98 Å². The van der Waals surface area contributed by atoms with Crippen LogP contribution in [-0.2, 0) is 9.53 Å². The van der Waals surface area contributed by atoms with Gasteiger partial charge < -0.3 is 20.1 Å². The second-order valence-corrected chi connectivity index (χ2v) is 7.13. The molecule has 0 radical (unpaired) electrons. The summed E-state index contributed by atoms with van der Waals surface area (Å²) in [6.45, 7) is 5.74. The maximum atomic E-state index is 12.0. The first kappa shape index (κ1) is 21.1. The van der Waals surface area contributed by atoms with Crippen LogP contribution in [0.15, 0.2) is 66.6 Å². The van der Waals surface area contributed by atoms with Gasteiger partial charge in [-0.05, 0) is 43.3 Å². The van der Waals surface area contributed by atoms with E-state index in [0.29, 0.717) is 23.1 Å². The second-order valence-electron chi connectivity index (χ2n) is 6.27. The summed E-state index contributed by atoms with van der Waals surface area (Å²) >= 11 is 1.27. The molecule has 154 valence electrons. The number of aromatic nitrogens is 1. The summed E-state index contributed by atoms with van der Waals surface area (Å²) < 4.78 is 10.8. The van der Waals surface area contributed by atoms with Gasteiger partial charge in [-0.1, -0.05) is 23.8 Å². The highest BCUT2D eigenvalue weighted by Gasteiger charge is 2.14. The first-order valence-corrected chi connectivity index (χ1v) is 10.0. The molecule has 0 aliphatic carbocycles. The van der Waals surface area contributed by atoms with E-state index in [1.807, 2.05) is 31.2 Å². The van der Waals surface area contributed by atoms with Crippen LogP contribution in [0.2, 0.25) is 0 Å². The molecule has 0 aliphatic heterocycles. The van der Waals surface area contributed by atoms with Crippen LogP contribution >= 0.6 is 11.3 Å². The van der Waals surface area contributed by atoms with Gasteiger partial charge in [0.25, 0.3) is 5.91 Å². The zero-order valence-electron chi connectivity index (χ0n) is 16.4. The Kier molecular flexibility index (Phi) is 7.18. The van der Waals surface area contributed by atoms with Gasteiger partial charge in [0.05, 0.1) is 0 Å². The smallest absolute Gasteiger partial charge is 0.358 e. The molecule has 0 bridgehead atoms. The third-order valence-electron chi connectivity index (χ3n) is 3.84. The fourth-order valence-electron chi connectivity index (χ4n) is 2.36. The number of anilines is 2. The summed E-state index contributed by atoms with van der Waals surface area (Å²) in [5.41, 5.74) is 1.87.